The molecule has 1 aromatic carbocycles. The molecule has 1 unspecified atom stereocenters. The molecule has 1 saturated heterocycles. The molecule has 0 aliphatic carbocycles. The van der Waals surface area contributed by atoms with Gasteiger partial charge in [0.15, 0.2) is 0 Å². The van der Waals surface area contributed by atoms with Crippen molar-refractivity contribution in [3.05, 3.63) is 35.9 Å². The fourth-order valence-corrected chi connectivity index (χ4v) is 3.76. The van der Waals surface area contributed by atoms with Crippen LogP contribution in [0, 0.1) is 0 Å². The van der Waals surface area contributed by atoms with E-state index < -0.39 is 10.0 Å². The van der Waals surface area contributed by atoms with Crippen molar-refractivity contribution < 1.29 is 8.42 Å². The number of rotatable bonds is 6. The summed E-state index contributed by atoms with van der Waals surface area (Å²) in [6, 6.07) is 9.82. The molecule has 0 spiro atoms. The van der Waals surface area contributed by atoms with E-state index in [-0.39, 0.29) is 5.75 Å². The summed E-state index contributed by atoms with van der Waals surface area (Å²) in [6.45, 7) is 1.65. The highest BCUT2D eigenvalue weighted by Crippen LogP contribution is 2.13. The van der Waals surface area contributed by atoms with Gasteiger partial charge < -0.3 is 5.32 Å². The number of nitrogens with one attached hydrogen (secondary N) is 1. The van der Waals surface area contributed by atoms with Gasteiger partial charge in [0, 0.05) is 19.6 Å². The van der Waals surface area contributed by atoms with Crippen LogP contribution < -0.4 is 5.32 Å². The number of hydrogen-bond donors (Lipinski definition) is 1. The summed E-state index contributed by atoms with van der Waals surface area (Å²) in [6.07, 6.45) is 4.54. The van der Waals surface area contributed by atoms with Crippen LogP contribution in [0.25, 0.3) is 0 Å². The SMILES string of the molecule is CN(CCC1CCCCN1)S(=O)(=O)Cc1ccccc1. The van der Waals surface area contributed by atoms with Crippen LogP contribution in [0.5, 0.6) is 0 Å². The Kier molecular flexibility index (Phi) is 5.57. The van der Waals surface area contributed by atoms with Crippen LogP contribution in [0.2, 0.25) is 0 Å². The van der Waals surface area contributed by atoms with Gasteiger partial charge >= 0.3 is 0 Å². The first kappa shape index (κ1) is 15.5. The summed E-state index contributed by atoms with van der Waals surface area (Å²) in [5.74, 6) is 0.0857. The normalized spacial score (nSPS) is 20.2. The first-order chi connectivity index (χ1) is 9.58. The minimum Gasteiger partial charge on any atom is -0.314 e. The van der Waals surface area contributed by atoms with E-state index in [0.29, 0.717) is 12.6 Å². The fourth-order valence-electron chi connectivity index (χ4n) is 2.54. The zero-order valence-electron chi connectivity index (χ0n) is 12.1. The summed E-state index contributed by atoms with van der Waals surface area (Å²) in [7, 11) is -1.53. The maximum absolute atomic E-state index is 12.3. The molecule has 1 fully saturated rings. The van der Waals surface area contributed by atoms with E-state index in [0.717, 1.165) is 24.9 Å². The molecule has 0 bridgehead atoms. The molecule has 5 heteroatoms. The summed E-state index contributed by atoms with van der Waals surface area (Å²) in [5, 5.41) is 3.45. The van der Waals surface area contributed by atoms with E-state index in [4.69, 9.17) is 0 Å². The molecule has 112 valence electrons. The zero-order chi connectivity index (χ0) is 14.4. The van der Waals surface area contributed by atoms with Crippen LogP contribution in [0.4, 0.5) is 0 Å². The number of nitrogens with zero attached hydrogens (tertiary/aromatic N) is 1. The molecule has 1 heterocycles. The average Bonchev–Trinajstić information content (AvgIpc) is 2.46. The molecule has 0 amide bonds. The molecule has 1 N–H and O–H groups in total. The molecule has 20 heavy (non-hydrogen) atoms. The van der Waals surface area contributed by atoms with Gasteiger partial charge in [-0.3, -0.25) is 0 Å². The first-order valence-corrected chi connectivity index (χ1v) is 8.90. The monoisotopic (exact) mass is 296 g/mol. The van der Waals surface area contributed by atoms with E-state index in [2.05, 4.69) is 5.32 Å². The molecule has 1 atom stereocenters. The largest absolute Gasteiger partial charge is 0.314 e. The molecule has 0 saturated carbocycles. The quantitative estimate of drug-likeness (QED) is 0.873. The Bertz CT molecular complexity index is 496. The Morgan fingerprint density at radius 1 is 1.25 bits per heavy atom. The van der Waals surface area contributed by atoms with Crippen molar-refractivity contribution in [1.29, 1.82) is 0 Å². The second kappa shape index (κ2) is 7.20. The van der Waals surface area contributed by atoms with Gasteiger partial charge in [0.1, 0.15) is 0 Å². The van der Waals surface area contributed by atoms with Crippen molar-refractivity contribution in [1.82, 2.24) is 9.62 Å². The Labute approximate surface area is 122 Å². The third-order valence-electron chi connectivity index (χ3n) is 3.87. The predicted molar refractivity (Wildman–Crippen MR) is 82.0 cm³/mol. The lowest BCUT2D eigenvalue weighted by Gasteiger charge is -2.25. The molecule has 4 nitrogen and oxygen atoms in total. The lowest BCUT2D eigenvalue weighted by atomic mass is 10.0. The summed E-state index contributed by atoms with van der Waals surface area (Å²) >= 11 is 0. The maximum atomic E-state index is 12.3. The average molecular weight is 296 g/mol. The van der Waals surface area contributed by atoms with Crippen LogP contribution in [-0.2, 0) is 15.8 Å². The third-order valence-corrected chi connectivity index (χ3v) is 5.70. The number of piperidine rings is 1. The van der Waals surface area contributed by atoms with Crippen molar-refractivity contribution in [3.8, 4) is 0 Å². The second-order valence-corrected chi connectivity index (χ2v) is 7.57. The Hall–Kier alpha value is -0.910. The zero-order valence-corrected chi connectivity index (χ0v) is 12.9. The van der Waals surface area contributed by atoms with Gasteiger partial charge in [-0.25, -0.2) is 12.7 Å². The number of benzene rings is 1. The Balaban J connectivity index is 1.85. The first-order valence-electron chi connectivity index (χ1n) is 7.29. The number of hydrogen-bond acceptors (Lipinski definition) is 3. The van der Waals surface area contributed by atoms with E-state index in [9.17, 15) is 8.42 Å². The van der Waals surface area contributed by atoms with Crippen LogP contribution in [0.15, 0.2) is 30.3 Å². The highest BCUT2D eigenvalue weighted by Gasteiger charge is 2.20. The lowest BCUT2D eigenvalue weighted by molar-refractivity contribution is 0.351. The van der Waals surface area contributed by atoms with Crippen LogP contribution in [0.1, 0.15) is 31.2 Å². The van der Waals surface area contributed by atoms with Gasteiger partial charge in [-0.1, -0.05) is 36.8 Å². The maximum Gasteiger partial charge on any atom is 0.218 e. The highest BCUT2D eigenvalue weighted by atomic mass is 32.2. The highest BCUT2D eigenvalue weighted by molar-refractivity contribution is 7.88. The van der Waals surface area contributed by atoms with Crippen molar-refractivity contribution in [2.24, 2.45) is 0 Å². The van der Waals surface area contributed by atoms with Crippen LogP contribution >= 0.6 is 0 Å². The summed E-state index contributed by atoms with van der Waals surface area (Å²) in [5.41, 5.74) is 0.843. The molecule has 1 aromatic rings. The van der Waals surface area contributed by atoms with E-state index in [1.54, 1.807) is 7.05 Å². The van der Waals surface area contributed by atoms with E-state index in [1.807, 2.05) is 30.3 Å². The van der Waals surface area contributed by atoms with Crippen LogP contribution in [0.3, 0.4) is 0 Å². The smallest absolute Gasteiger partial charge is 0.218 e. The van der Waals surface area contributed by atoms with Gasteiger partial charge in [-0.05, 0) is 31.4 Å². The Morgan fingerprint density at radius 3 is 2.65 bits per heavy atom. The molecule has 2 rings (SSSR count). The topological polar surface area (TPSA) is 49.4 Å². The predicted octanol–water partition coefficient (Wildman–Crippen LogP) is 1.98. The van der Waals surface area contributed by atoms with Gasteiger partial charge in [0.05, 0.1) is 5.75 Å². The minimum atomic E-state index is -3.21. The van der Waals surface area contributed by atoms with Crippen molar-refractivity contribution in [2.45, 2.75) is 37.5 Å². The lowest BCUT2D eigenvalue weighted by Crippen LogP contribution is -2.38. The van der Waals surface area contributed by atoms with Crippen molar-refractivity contribution in [2.75, 3.05) is 20.1 Å². The van der Waals surface area contributed by atoms with Crippen molar-refractivity contribution in [3.63, 3.8) is 0 Å². The second-order valence-electron chi connectivity index (χ2n) is 5.50. The molecule has 0 aromatic heterocycles. The van der Waals surface area contributed by atoms with Crippen molar-refractivity contribution >= 4 is 10.0 Å². The van der Waals surface area contributed by atoms with Gasteiger partial charge in [0.25, 0.3) is 0 Å². The molecular formula is C15H24N2O2S. The van der Waals surface area contributed by atoms with Gasteiger partial charge in [-0.15, -0.1) is 0 Å². The molecular weight excluding hydrogens is 272 g/mol. The van der Waals surface area contributed by atoms with E-state index >= 15 is 0 Å². The standard InChI is InChI=1S/C15H24N2O2S/c1-17(12-10-15-9-5-6-11-16-15)20(18,19)13-14-7-3-2-4-8-14/h2-4,7-8,15-16H,5-6,9-13H2,1H3. The van der Waals surface area contributed by atoms with Crippen LogP contribution in [-0.4, -0.2) is 38.9 Å². The van der Waals surface area contributed by atoms with Gasteiger partial charge in [-0.2, -0.15) is 0 Å². The summed E-state index contributed by atoms with van der Waals surface area (Å²) in [4.78, 5) is 0. The number of sulfonamides is 1. The third kappa shape index (κ3) is 4.58. The van der Waals surface area contributed by atoms with E-state index in [1.165, 1.54) is 17.1 Å². The summed E-state index contributed by atoms with van der Waals surface area (Å²) < 4.78 is 26.1. The molecule has 1 aliphatic rings. The van der Waals surface area contributed by atoms with Gasteiger partial charge in [0.2, 0.25) is 10.0 Å². The minimum absolute atomic E-state index is 0.0857. The molecule has 1 aliphatic heterocycles. The molecule has 0 radical (unpaired) electrons. The Morgan fingerprint density at radius 2 is 2.00 bits per heavy atom. The fraction of sp³-hybridized carbons (Fsp3) is 0.600.